The lowest BCUT2D eigenvalue weighted by atomic mass is 10.1. The van der Waals surface area contributed by atoms with E-state index in [0.29, 0.717) is 18.7 Å². The highest BCUT2D eigenvalue weighted by Gasteiger charge is 2.27. The highest BCUT2D eigenvalue weighted by Crippen LogP contribution is 2.13. The van der Waals surface area contributed by atoms with Crippen molar-refractivity contribution < 1.29 is 14.3 Å². The van der Waals surface area contributed by atoms with E-state index in [4.69, 9.17) is 9.73 Å². The van der Waals surface area contributed by atoms with Crippen molar-refractivity contribution >= 4 is 41.9 Å². The van der Waals surface area contributed by atoms with Crippen LogP contribution < -0.4 is 10.6 Å². The van der Waals surface area contributed by atoms with E-state index in [9.17, 15) is 9.59 Å². The van der Waals surface area contributed by atoms with Crippen molar-refractivity contribution in [1.29, 1.82) is 0 Å². The van der Waals surface area contributed by atoms with E-state index in [0.717, 1.165) is 31.0 Å². The number of carbonyl (C=O) groups excluding carboxylic acids is 2. The molecule has 31 heavy (non-hydrogen) atoms. The van der Waals surface area contributed by atoms with E-state index in [1.165, 1.54) is 0 Å². The minimum Gasteiger partial charge on any atom is -0.444 e. The standard InChI is InChI=1S/C22H35N5O3.HI/c1-7-23-20(24-14-16-8-10-17(11-9-16)19(28)26(5)6)27-13-12-18(15-27)25-21(29)30-22(2,3)4;/h8-11,18H,7,12-15H2,1-6H3,(H,23,24)(H,25,29);1H. The number of hydrogen-bond donors (Lipinski definition) is 2. The van der Waals surface area contributed by atoms with Crippen molar-refractivity contribution in [2.45, 2.75) is 52.3 Å². The largest absolute Gasteiger partial charge is 0.444 e. The Morgan fingerprint density at radius 3 is 2.42 bits per heavy atom. The van der Waals surface area contributed by atoms with Gasteiger partial charge >= 0.3 is 6.09 Å². The molecular formula is C22H36IN5O3. The molecule has 174 valence electrons. The average Bonchev–Trinajstić information content (AvgIpc) is 3.11. The lowest BCUT2D eigenvalue weighted by Crippen LogP contribution is -2.44. The van der Waals surface area contributed by atoms with E-state index >= 15 is 0 Å². The summed E-state index contributed by atoms with van der Waals surface area (Å²) < 4.78 is 5.35. The smallest absolute Gasteiger partial charge is 0.407 e. The molecule has 1 fully saturated rings. The van der Waals surface area contributed by atoms with E-state index in [-0.39, 0.29) is 42.0 Å². The Labute approximate surface area is 202 Å². The van der Waals surface area contributed by atoms with Crippen molar-refractivity contribution in [1.82, 2.24) is 20.4 Å². The maximum Gasteiger partial charge on any atom is 0.407 e. The third-order valence-corrected chi connectivity index (χ3v) is 4.56. The highest BCUT2D eigenvalue weighted by molar-refractivity contribution is 14.0. The van der Waals surface area contributed by atoms with Gasteiger partial charge in [0.15, 0.2) is 5.96 Å². The van der Waals surface area contributed by atoms with Crippen molar-refractivity contribution in [3.8, 4) is 0 Å². The van der Waals surface area contributed by atoms with Crippen molar-refractivity contribution in [3.05, 3.63) is 35.4 Å². The van der Waals surface area contributed by atoms with Crippen LogP contribution in [0.25, 0.3) is 0 Å². The number of aliphatic imine (C=N–C) groups is 1. The molecule has 1 aliphatic rings. The predicted octanol–water partition coefficient (Wildman–Crippen LogP) is 3.07. The first kappa shape index (κ1) is 27.0. The second kappa shape index (κ2) is 12.1. The molecule has 0 spiro atoms. The first-order valence-electron chi connectivity index (χ1n) is 10.4. The van der Waals surface area contributed by atoms with Gasteiger partial charge in [-0.05, 0) is 51.8 Å². The molecule has 1 aromatic carbocycles. The Morgan fingerprint density at radius 1 is 1.23 bits per heavy atom. The molecule has 0 aromatic heterocycles. The summed E-state index contributed by atoms with van der Waals surface area (Å²) in [4.78, 5) is 32.5. The molecule has 1 unspecified atom stereocenters. The number of ether oxygens (including phenoxy) is 1. The number of nitrogens with one attached hydrogen (secondary N) is 2. The maximum absolute atomic E-state index is 12.0. The van der Waals surface area contributed by atoms with Gasteiger partial charge in [-0.25, -0.2) is 9.79 Å². The number of guanidine groups is 1. The first-order chi connectivity index (χ1) is 14.1. The molecule has 1 aliphatic heterocycles. The van der Waals surface area contributed by atoms with Gasteiger partial charge in [-0.15, -0.1) is 24.0 Å². The van der Waals surface area contributed by atoms with Crippen LogP contribution in [0.1, 0.15) is 50.0 Å². The molecule has 8 nitrogen and oxygen atoms in total. The van der Waals surface area contributed by atoms with Crippen molar-refractivity contribution in [2.75, 3.05) is 33.7 Å². The topological polar surface area (TPSA) is 86.3 Å². The zero-order valence-electron chi connectivity index (χ0n) is 19.4. The summed E-state index contributed by atoms with van der Waals surface area (Å²) in [7, 11) is 3.48. The molecule has 0 radical (unpaired) electrons. The number of alkyl carbamates (subject to hydrolysis) is 1. The molecule has 2 N–H and O–H groups in total. The van der Waals surface area contributed by atoms with Crippen LogP contribution in [-0.4, -0.2) is 73.1 Å². The van der Waals surface area contributed by atoms with E-state index in [1.807, 2.05) is 52.0 Å². The van der Waals surface area contributed by atoms with Crippen LogP contribution >= 0.6 is 24.0 Å². The van der Waals surface area contributed by atoms with E-state index < -0.39 is 5.60 Å². The molecule has 0 bridgehead atoms. The molecule has 2 amide bonds. The fourth-order valence-corrected chi connectivity index (χ4v) is 3.15. The molecule has 1 saturated heterocycles. The van der Waals surface area contributed by atoms with Crippen LogP contribution in [0.4, 0.5) is 4.79 Å². The molecule has 1 heterocycles. The Bertz CT molecular complexity index is 759. The molecule has 9 heteroatoms. The Balaban J connectivity index is 0.00000480. The summed E-state index contributed by atoms with van der Waals surface area (Å²) >= 11 is 0. The zero-order chi connectivity index (χ0) is 22.3. The third kappa shape index (κ3) is 8.92. The van der Waals surface area contributed by atoms with Crippen LogP contribution in [0.2, 0.25) is 0 Å². The highest BCUT2D eigenvalue weighted by atomic mass is 127. The Hall–Kier alpha value is -2.04. The number of likely N-dealkylation sites (tertiary alicyclic amines) is 1. The van der Waals surface area contributed by atoms with Crippen LogP contribution in [0, 0.1) is 0 Å². The van der Waals surface area contributed by atoms with Gasteiger partial charge in [0, 0.05) is 39.3 Å². The van der Waals surface area contributed by atoms with E-state index in [1.54, 1.807) is 19.0 Å². The Morgan fingerprint density at radius 2 is 1.87 bits per heavy atom. The predicted molar refractivity (Wildman–Crippen MR) is 134 cm³/mol. The lowest BCUT2D eigenvalue weighted by Gasteiger charge is -2.23. The second-order valence-electron chi connectivity index (χ2n) is 8.64. The normalized spacial score (nSPS) is 16.4. The minimum absolute atomic E-state index is 0. The summed E-state index contributed by atoms with van der Waals surface area (Å²) in [5.41, 5.74) is 1.18. The third-order valence-electron chi connectivity index (χ3n) is 4.56. The summed E-state index contributed by atoms with van der Waals surface area (Å²) in [6.07, 6.45) is 0.453. The monoisotopic (exact) mass is 545 g/mol. The van der Waals surface area contributed by atoms with E-state index in [2.05, 4.69) is 15.5 Å². The van der Waals surface area contributed by atoms with Crippen LogP contribution in [0.15, 0.2) is 29.3 Å². The van der Waals surface area contributed by atoms with Crippen LogP contribution in [-0.2, 0) is 11.3 Å². The van der Waals surface area contributed by atoms with Gasteiger partial charge in [-0.2, -0.15) is 0 Å². The summed E-state index contributed by atoms with van der Waals surface area (Å²) in [5, 5.41) is 6.26. The molecule has 2 rings (SSSR count). The van der Waals surface area contributed by atoms with Gasteiger partial charge in [-0.3, -0.25) is 4.79 Å². The first-order valence-corrected chi connectivity index (χ1v) is 10.4. The molecule has 1 aromatic rings. The molecule has 1 atom stereocenters. The minimum atomic E-state index is -0.508. The van der Waals surface area contributed by atoms with Gasteiger partial charge in [0.1, 0.15) is 5.60 Å². The van der Waals surface area contributed by atoms with Crippen molar-refractivity contribution in [2.24, 2.45) is 4.99 Å². The number of carbonyl (C=O) groups is 2. The zero-order valence-corrected chi connectivity index (χ0v) is 21.7. The van der Waals surface area contributed by atoms with Gasteiger partial charge < -0.3 is 25.2 Å². The number of amides is 2. The summed E-state index contributed by atoms with van der Waals surface area (Å²) in [6.45, 7) is 10.4. The van der Waals surface area contributed by atoms with Crippen LogP contribution in [0.5, 0.6) is 0 Å². The number of halogens is 1. The number of nitrogens with zero attached hydrogens (tertiary/aromatic N) is 3. The number of benzene rings is 1. The number of hydrogen-bond acceptors (Lipinski definition) is 4. The Kier molecular flexibility index (Phi) is 10.5. The molecule has 0 aliphatic carbocycles. The van der Waals surface area contributed by atoms with Crippen molar-refractivity contribution in [3.63, 3.8) is 0 Å². The molecular weight excluding hydrogens is 509 g/mol. The number of rotatable bonds is 5. The quantitative estimate of drug-likeness (QED) is 0.338. The van der Waals surface area contributed by atoms with Gasteiger partial charge in [0.25, 0.3) is 5.91 Å². The lowest BCUT2D eigenvalue weighted by molar-refractivity contribution is 0.0507. The molecule has 0 saturated carbocycles. The van der Waals surface area contributed by atoms with Gasteiger partial charge in [0.2, 0.25) is 0 Å². The summed E-state index contributed by atoms with van der Waals surface area (Å²) in [6, 6.07) is 7.55. The summed E-state index contributed by atoms with van der Waals surface area (Å²) in [5.74, 6) is 0.804. The fourth-order valence-electron chi connectivity index (χ4n) is 3.15. The van der Waals surface area contributed by atoms with Gasteiger partial charge in [0.05, 0.1) is 12.6 Å². The van der Waals surface area contributed by atoms with Crippen LogP contribution in [0.3, 0.4) is 0 Å². The van der Waals surface area contributed by atoms with Gasteiger partial charge in [-0.1, -0.05) is 12.1 Å². The maximum atomic E-state index is 12.0. The second-order valence-corrected chi connectivity index (χ2v) is 8.64. The SMILES string of the molecule is CCNC(=NCc1ccc(C(=O)N(C)C)cc1)N1CCC(NC(=O)OC(C)(C)C)C1.I. The fraction of sp³-hybridized carbons (Fsp3) is 0.591. The average molecular weight is 545 g/mol.